The SMILES string of the molecule is CCO[C@H](C)c1cccc2ccccc12. The number of fused-ring (bicyclic) bond motifs is 1. The number of ether oxygens (including phenoxy) is 1. The topological polar surface area (TPSA) is 9.23 Å². The van der Waals surface area contributed by atoms with E-state index in [4.69, 9.17) is 4.74 Å². The lowest BCUT2D eigenvalue weighted by atomic mass is 10.0. The molecule has 0 aliphatic carbocycles. The third kappa shape index (κ3) is 2.02. The molecule has 0 unspecified atom stereocenters. The Bertz CT molecular complexity index is 443. The van der Waals surface area contributed by atoms with Gasteiger partial charge in [-0.05, 0) is 30.2 Å². The van der Waals surface area contributed by atoms with Gasteiger partial charge >= 0.3 is 0 Å². The second-order valence-electron chi connectivity index (χ2n) is 3.67. The van der Waals surface area contributed by atoms with Gasteiger partial charge in [0.2, 0.25) is 0 Å². The zero-order valence-electron chi connectivity index (χ0n) is 9.23. The molecule has 1 heteroatoms. The molecule has 0 saturated heterocycles. The molecule has 0 spiro atoms. The average Bonchev–Trinajstić information content (AvgIpc) is 2.28. The van der Waals surface area contributed by atoms with Crippen molar-refractivity contribution in [3.05, 3.63) is 48.0 Å². The Morgan fingerprint density at radius 2 is 1.80 bits per heavy atom. The van der Waals surface area contributed by atoms with E-state index in [2.05, 4.69) is 49.4 Å². The van der Waals surface area contributed by atoms with Crippen LogP contribution in [0.2, 0.25) is 0 Å². The number of benzene rings is 2. The van der Waals surface area contributed by atoms with Crippen LogP contribution in [0.3, 0.4) is 0 Å². The van der Waals surface area contributed by atoms with Crippen LogP contribution in [0.25, 0.3) is 10.8 Å². The smallest absolute Gasteiger partial charge is 0.0802 e. The van der Waals surface area contributed by atoms with Crippen LogP contribution < -0.4 is 0 Å². The molecular weight excluding hydrogens is 184 g/mol. The number of hydrogen-bond acceptors (Lipinski definition) is 1. The molecule has 0 amide bonds. The summed E-state index contributed by atoms with van der Waals surface area (Å²) in [5, 5.41) is 2.57. The van der Waals surface area contributed by atoms with Crippen molar-refractivity contribution in [3.63, 3.8) is 0 Å². The highest BCUT2D eigenvalue weighted by atomic mass is 16.5. The van der Waals surface area contributed by atoms with Gasteiger partial charge in [-0.1, -0.05) is 42.5 Å². The summed E-state index contributed by atoms with van der Waals surface area (Å²) in [6, 6.07) is 14.8. The highest BCUT2D eigenvalue weighted by Gasteiger charge is 2.07. The molecule has 0 saturated carbocycles. The third-order valence-corrected chi connectivity index (χ3v) is 2.68. The fourth-order valence-electron chi connectivity index (χ4n) is 1.94. The molecule has 2 aromatic rings. The Morgan fingerprint density at radius 3 is 2.60 bits per heavy atom. The zero-order chi connectivity index (χ0) is 10.7. The monoisotopic (exact) mass is 200 g/mol. The van der Waals surface area contributed by atoms with Crippen molar-refractivity contribution in [1.29, 1.82) is 0 Å². The van der Waals surface area contributed by atoms with E-state index in [1.54, 1.807) is 0 Å². The third-order valence-electron chi connectivity index (χ3n) is 2.68. The molecule has 0 aliphatic heterocycles. The molecule has 0 aromatic heterocycles. The van der Waals surface area contributed by atoms with Crippen LogP contribution in [0.15, 0.2) is 42.5 Å². The van der Waals surface area contributed by atoms with E-state index >= 15 is 0 Å². The lowest BCUT2D eigenvalue weighted by molar-refractivity contribution is 0.0774. The van der Waals surface area contributed by atoms with Gasteiger partial charge in [-0.25, -0.2) is 0 Å². The summed E-state index contributed by atoms with van der Waals surface area (Å²) in [7, 11) is 0. The molecule has 78 valence electrons. The molecule has 0 radical (unpaired) electrons. The zero-order valence-corrected chi connectivity index (χ0v) is 9.23. The van der Waals surface area contributed by atoms with Crippen molar-refractivity contribution in [2.75, 3.05) is 6.61 Å². The van der Waals surface area contributed by atoms with Gasteiger partial charge in [0.15, 0.2) is 0 Å². The Kier molecular flexibility index (Phi) is 3.02. The predicted molar refractivity (Wildman–Crippen MR) is 64.0 cm³/mol. The lowest BCUT2D eigenvalue weighted by Crippen LogP contribution is -1.99. The summed E-state index contributed by atoms with van der Waals surface area (Å²) in [6.07, 6.45) is 0.168. The van der Waals surface area contributed by atoms with Crippen molar-refractivity contribution in [3.8, 4) is 0 Å². The second kappa shape index (κ2) is 4.45. The number of rotatable bonds is 3. The van der Waals surface area contributed by atoms with Gasteiger partial charge in [0.25, 0.3) is 0 Å². The normalized spacial score (nSPS) is 12.9. The highest BCUT2D eigenvalue weighted by molar-refractivity contribution is 5.85. The Balaban J connectivity index is 2.50. The van der Waals surface area contributed by atoms with Crippen molar-refractivity contribution < 1.29 is 4.74 Å². The van der Waals surface area contributed by atoms with Gasteiger partial charge in [0, 0.05) is 6.61 Å². The molecule has 15 heavy (non-hydrogen) atoms. The summed E-state index contributed by atoms with van der Waals surface area (Å²) in [5.74, 6) is 0. The first kappa shape index (κ1) is 10.2. The molecule has 0 fully saturated rings. The van der Waals surface area contributed by atoms with Gasteiger partial charge in [0.05, 0.1) is 6.10 Å². The van der Waals surface area contributed by atoms with Crippen LogP contribution in [0.5, 0.6) is 0 Å². The first-order valence-corrected chi connectivity index (χ1v) is 5.42. The fourth-order valence-corrected chi connectivity index (χ4v) is 1.94. The lowest BCUT2D eigenvalue weighted by Gasteiger charge is -2.14. The van der Waals surface area contributed by atoms with E-state index in [1.807, 2.05) is 6.92 Å². The van der Waals surface area contributed by atoms with Crippen LogP contribution in [-0.4, -0.2) is 6.61 Å². The summed E-state index contributed by atoms with van der Waals surface area (Å²) in [4.78, 5) is 0. The minimum absolute atomic E-state index is 0.168. The van der Waals surface area contributed by atoms with E-state index in [0.717, 1.165) is 6.61 Å². The first-order valence-electron chi connectivity index (χ1n) is 5.42. The number of hydrogen-bond donors (Lipinski definition) is 0. The van der Waals surface area contributed by atoms with E-state index < -0.39 is 0 Å². The molecule has 0 N–H and O–H groups in total. The maximum atomic E-state index is 5.64. The molecule has 2 rings (SSSR count). The van der Waals surface area contributed by atoms with Crippen LogP contribution in [0, 0.1) is 0 Å². The van der Waals surface area contributed by atoms with E-state index in [-0.39, 0.29) is 6.10 Å². The largest absolute Gasteiger partial charge is 0.374 e. The van der Waals surface area contributed by atoms with E-state index in [9.17, 15) is 0 Å². The first-order chi connectivity index (χ1) is 7.33. The van der Waals surface area contributed by atoms with Gasteiger partial charge < -0.3 is 4.74 Å². The Labute approximate surface area is 90.7 Å². The van der Waals surface area contributed by atoms with Crippen molar-refractivity contribution in [2.45, 2.75) is 20.0 Å². The maximum absolute atomic E-state index is 5.64. The van der Waals surface area contributed by atoms with Crippen molar-refractivity contribution in [2.24, 2.45) is 0 Å². The quantitative estimate of drug-likeness (QED) is 0.729. The Hall–Kier alpha value is -1.34. The predicted octanol–water partition coefficient (Wildman–Crippen LogP) is 3.94. The minimum atomic E-state index is 0.168. The molecule has 0 heterocycles. The maximum Gasteiger partial charge on any atom is 0.0802 e. The fraction of sp³-hybridized carbons (Fsp3) is 0.286. The van der Waals surface area contributed by atoms with Crippen LogP contribution in [0.4, 0.5) is 0 Å². The molecule has 0 aliphatic rings. The van der Waals surface area contributed by atoms with Gasteiger partial charge in [-0.2, -0.15) is 0 Å². The summed E-state index contributed by atoms with van der Waals surface area (Å²) in [6.45, 7) is 4.89. The standard InChI is InChI=1S/C14H16O/c1-3-15-11(2)13-10-6-8-12-7-4-5-9-14(12)13/h4-11H,3H2,1-2H3/t11-/m1/s1. The van der Waals surface area contributed by atoms with E-state index in [0.29, 0.717) is 0 Å². The molecule has 2 aromatic carbocycles. The summed E-state index contributed by atoms with van der Waals surface area (Å²) >= 11 is 0. The molecule has 1 atom stereocenters. The molecule has 0 bridgehead atoms. The van der Waals surface area contributed by atoms with E-state index in [1.165, 1.54) is 16.3 Å². The van der Waals surface area contributed by atoms with Crippen LogP contribution in [0.1, 0.15) is 25.5 Å². The van der Waals surface area contributed by atoms with Gasteiger partial charge in [-0.15, -0.1) is 0 Å². The molecular formula is C14H16O. The minimum Gasteiger partial charge on any atom is -0.374 e. The summed E-state index contributed by atoms with van der Waals surface area (Å²) in [5.41, 5.74) is 1.27. The highest BCUT2D eigenvalue weighted by Crippen LogP contribution is 2.25. The molecule has 1 nitrogen and oxygen atoms in total. The summed E-state index contributed by atoms with van der Waals surface area (Å²) < 4.78 is 5.64. The van der Waals surface area contributed by atoms with Crippen molar-refractivity contribution >= 4 is 10.8 Å². The van der Waals surface area contributed by atoms with Gasteiger partial charge in [-0.3, -0.25) is 0 Å². The van der Waals surface area contributed by atoms with Crippen molar-refractivity contribution in [1.82, 2.24) is 0 Å². The van der Waals surface area contributed by atoms with Crippen LogP contribution >= 0.6 is 0 Å². The second-order valence-corrected chi connectivity index (χ2v) is 3.67. The average molecular weight is 200 g/mol. The van der Waals surface area contributed by atoms with Gasteiger partial charge in [0.1, 0.15) is 0 Å². The Morgan fingerprint density at radius 1 is 1.07 bits per heavy atom. The van der Waals surface area contributed by atoms with Crippen LogP contribution in [-0.2, 0) is 4.74 Å².